The molecule has 0 N–H and O–H groups in total. The summed E-state index contributed by atoms with van der Waals surface area (Å²) in [7, 11) is -1.82. The van der Waals surface area contributed by atoms with Gasteiger partial charge in [-0.1, -0.05) is 0 Å². The van der Waals surface area contributed by atoms with Crippen molar-refractivity contribution in [2.75, 3.05) is 0 Å². The lowest BCUT2D eigenvalue weighted by atomic mass is 10.0. The molecule has 0 saturated carbocycles. The van der Waals surface area contributed by atoms with Crippen LogP contribution in [0.3, 0.4) is 0 Å². The van der Waals surface area contributed by atoms with Crippen molar-refractivity contribution in [2.24, 2.45) is 0 Å². The summed E-state index contributed by atoms with van der Waals surface area (Å²) < 4.78 is 22.3. The molecule has 3 atom stereocenters. The average Bonchev–Trinajstić information content (AvgIpc) is 2.55. The van der Waals surface area contributed by atoms with Crippen molar-refractivity contribution >= 4 is 19.0 Å². The lowest BCUT2D eigenvalue weighted by molar-refractivity contribution is -0.196. The van der Waals surface area contributed by atoms with Gasteiger partial charge in [0.05, 0.1) is 6.10 Å². The van der Waals surface area contributed by atoms with Crippen molar-refractivity contribution in [1.82, 2.24) is 0 Å². The monoisotopic (exact) mass is 234 g/mol. The van der Waals surface area contributed by atoms with E-state index in [9.17, 15) is 0 Å². The predicted octanol–water partition coefficient (Wildman–Crippen LogP) is 0.253. The third-order valence-corrected chi connectivity index (χ3v) is 6.57. The molecular formula is C8H18O4Si2. The Bertz CT molecular complexity index is 229. The molecule has 0 radical (unpaired) electrons. The van der Waals surface area contributed by atoms with Crippen LogP contribution in [-0.2, 0) is 18.0 Å². The molecule has 2 rings (SSSR count). The van der Waals surface area contributed by atoms with E-state index in [2.05, 4.69) is 13.1 Å². The fraction of sp³-hybridized carbons (Fsp3) is 1.00. The van der Waals surface area contributed by atoms with Crippen LogP contribution in [-0.4, -0.2) is 36.7 Å². The van der Waals surface area contributed by atoms with Crippen LogP contribution in [0.15, 0.2) is 0 Å². The highest BCUT2D eigenvalue weighted by molar-refractivity contribution is 6.54. The highest BCUT2D eigenvalue weighted by Crippen LogP contribution is 2.58. The smallest absolute Gasteiger partial charge is 0.297 e. The molecule has 2 fully saturated rings. The number of rotatable bonds is 4. The molecule has 2 aliphatic rings. The molecule has 0 aromatic rings. The number of ether oxygens (including phenoxy) is 2. The number of hydrogen-bond donors (Lipinski definition) is 0. The lowest BCUT2D eigenvalue weighted by Crippen LogP contribution is -2.45. The van der Waals surface area contributed by atoms with Crippen molar-refractivity contribution in [3.63, 3.8) is 0 Å². The summed E-state index contributed by atoms with van der Waals surface area (Å²) in [6, 6.07) is 0. The van der Waals surface area contributed by atoms with Gasteiger partial charge >= 0.3 is 0 Å². The maximum atomic E-state index is 5.66. The normalized spacial score (nSPS) is 46.5. The molecule has 2 aliphatic heterocycles. The second kappa shape index (κ2) is 3.39. The first-order valence-electron chi connectivity index (χ1n) is 5.11. The fourth-order valence-electron chi connectivity index (χ4n) is 1.76. The molecule has 6 heteroatoms. The summed E-state index contributed by atoms with van der Waals surface area (Å²) in [5.74, 6) is -0.920. The third kappa shape index (κ3) is 1.70. The predicted molar refractivity (Wildman–Crippen MR) is 57.0 cm³/mol. The van der Waals surface area contributed by atoms with Gasteiger partial charge in [-0.2, -0.15) is 0 Å². The van der Waals surface area contributed by atoms with Crippen LogP contribution in [0.25, 0.3) is 0 Å². The summed E-state index contributed by atoms with van der Waals surface area (Å²) in [4.78, 5) is 0. The molecule has 2 saturated heterocycles. The summed E-state index contributed by atoms with van der Waals surface area (Å²) in [5.41, 5.74) is 0. The summed E-state index contributed by atoms with van der Waals surface area (Å²) in [5, 5.41) is 0. The maximum absolute atomic E-state index is 5.66. The topological polar surface area (TPSA) is 40.2 Å². The van der Waals surface area contributed by atoms with E-state index in [4.69, 9.17) is 18.0 Å². The minimum atomic E-state index is -0.938. The third-order valence-electron chi connectivity index (χ3n) is 2.69. The van der Waals surface area contributed by atoms with Gasteiger partial charge in [0.25, 0.3) is 10.0 Å². The molecular weight excluding hydrogens is 216 g/mol. The fourth-order valence-corrected chi connectivity index (χ4v) is 3.63. The molecule has 4 nitrogen and oxygen atoms in total. The zero-order chi connectivity index (χ0) is 10.4. The van der Waals surface area contributed by atoms with Gasteiger partial charge in [0, 0.05) is 6.42 Å². The minimum Gasteiger partial charge on any atom is -0.443 e. The Kier molecular flexibility index (Phi) is 2.61. The zero-order valence-electron chi connectivity index (χ0n) is 9.20. The molecule has 0 amide bonds. The van der Waals surface area contributed by atoms with Gasteiger partial charge < -0.3 is 18.0 Å². The molecule has 2 heterocycles. The molecule has 0 aliphatic carbocycles. The van der Waals surface area contributed by atoms with Gasteiger partial charge in [-0.3, -0.25) is 0 Å². The molecule has 82 valence electrons. The van der Waals surface area contributed by atoms with E-state index in [-0.39, 0.29) is 0 Å². The lowest BCUT2D eigenvalue weighted by Gasteiger charge is -2.32. The van der Waals surface area contributed by atoms with Gasteiger partial charge in [-0.05, 0) is 26.9 Å². The van der Waals surface area contributed by atoms with Crippen LogP contribution < -0.4 is 0 Å². The van der Waals surface area contributed by atoms with Crippen molar-refractivity contribution in [3.05, 3.63) is 0 Å². The molecule has 14 heavy (non-hydrogen) atoms. The van der Waals surface area contributed by atoms with E-state index in [0.717, 1.165) is 6.42 Å². The second-order valence-corrected chi connectivity index (χ2v) is 8.37. The minimum absolute atomic E-state index is 0.308. The largest absolute Gasteiger partial charge is 0.443 e. The van der Waals surface area contributed by atoms with Gasteiger partial charge in [0.15, 0.2) is 9.04 Å². The van der Waals surface area contributed by atoms with Crippen molar-refractivity contribution in [1.29, 1.82) is 0 Å². The number of hydrogen-bond acceptors (Lipinski definition) is 4. The standard InChI is InChI=1S/C8H18O4Si2/c1-6-5-8(9-6)7(2,10-8)11-13-12-14(3)4/h6,14H,5,13H2,1-4H3. The Morgan fingerprint density at radius 1 is 1.50 bits per heavy atom. The van der Waals surface area contributed by atoms with E-state index < -0.39 is 30.6 Å². The van der Waals surface area contributed by atoms with Gasteiger partial charge in [0.2, 0.25) is 11.6 Å². The van der Waals surface area contributed by atoms with Crippen LogP contribution in [0.4, 0.5) is 0 Å². The van der Waals surface area contributed by atoms with Crippen LogP contribution in [0.2, 0.25) is 13.1 Å². The van der Waals surface area contributed by atoms with E-state index in [0.29, 0.717) is 6.10 Å². The van der Waals surface area contributed by atoms with E-state index in [1.54, 1.807) is 0 Å². The SMILES string of the molecule is CC1CC2(O1)OC2(C)O[SiH2]O[SiH](C)C. The molecule has 0 bridgehead atoms. The zero-order valence-corrected chi connectivity index (χ0v) is 11.8. The average molecular weight is 234 g/mol. The Labute approximate surface area is 88.7 Å². The molecule has 3 unspecified atom stereocenters. The van der Waals surface area contributed by atoms with Gasteiger partial charge in [0.1, 0.15) is 0 Å². The number of epoxide rings is 1. The first-order chi connectivity index (χ1) is 6.47. The van der Waals surface area contributed by atoms with Crippen LogP contribution in [0.5, 0.6) is 0 Å². The van der Waals surface area contributed by atoms with E-state index in [1.165, 1.54) is 0 Å². The Morgan fingerprint density at radius 3 is 2.64 bits per heavy atom. The van der Waals surface area contributed by atoms with Crippen LogP contribution in [0.1, 0.15) is 20.3 Å². The van der Waals surface area contributed by atoms with Crippen LogP contribution in [0, 0.1) is 0 Å². The van der Waals surface area contributed by atoms with Gasteiger partial charge in [-0.15, -0.1) is 0 Å². The quantitative estimate of drug-likeness (QED) is 0.516. The van der Waals surface area contributed by atoms with Crippen LogP contribution >= 0.6 is 0 Å². The molecule has 1 spiro atoms. The van der Waals surface area contributed by atoms with Crippen molar-refractivity contribution in [2.45, 2.75) is 51.0 Å². The van der Waals surface area contributed by atoms with E-state index >= 15 is 0 Å². The second-order valence-electron chi connectivity index (χ2n) is 4.41. The Hall–Kier alpha value is 0.274. The maximum Gasteiger partial charge on any atom is 0.297 e. The van der Waals surface area contributed by atoms with Crippen molar-refractivity contribution < 1.29 is 18.0 Å². The summed E-state index contributed by atoms with van der Waals surface area (Å²) >= 11 is 0. The first kappa shape index (κ1) is 10.8. The summed E-state index contributed by atoms with van der Waals surface area (Å²) in [6.45, 7) is 8.27. The van der Waals surface area contributed by atoms with Crippen molar-refractivity contribution in [3.8, 4) is 0 Å². The summed E-state index contributed by atoms with van der Waals surface area (Å²) in [6.07, 6.45) is 1.25. The first-order valence-corrected chi connectivity index (χ1v) is 9.04. The van der Waals surface area contributed by atoms with E-state index in [1.807, 2.05) is 13.8 Å². The Morgan fingerprint density at radius 2 is 2.14 bits per heavy atom. The highest BCUT2D eigenvalue weighted by atomic mass is 28.4. The molecule has 0 aromatic carbocycles. The molecule has 0 aromatic heterocycles. The van der Waals surface area contributed by atoms with Gasteiger partial charge in [-0.25, -0.2) is 0 Å². The highest BCUT2D eigenvalue weighted by Gasteiger charge is 2.75. The Balaban J connectivity index is 1.72.